The Bertz CT molecular complexity index is 704. The molecule has 0 saturated carbocycles. The highest BCUT2D eigenvalue weighted by Gasteiger charge is 2.23. The first-order chi connectivity index (χ1) is 9.97. The monoisotopic (exact) mass is 324 g/mol. The first-order valence-electron chi connectivity index (χ1n) is 6.91. The van der Waals surface area contributed by atoms with Crippen LogP contribution in [0.3, 0.4) is 0 Å². The number of aryl methyl sites for hydroxylation is 1. The summed E-state index contributed by atoms with van der Waals surface area (Å²) in [5, 5.41) is 4.34. The molecule has 114 valence electrons. The van der Waals surface area contributed by atoms with Gasteiger partial charge in [-0.2, -0.15) is 5.10 Å². The van der Waals surface area contributed by atoms with Gasteiger partial charge in [0.25, 0.3) is 0 Å². The standard InChI is InChI=1S/C14H20N4OS2/c1-10-7-13(11(2)16(10)3)20-17-5-6-18-12(9-17)14(8-15-18)21(4)19/h7-8H,5-6,9H2,1-4H3. The third-order valence-electron chi connectivity index (χ3n) is 4.06. The first-order valence-corrected chi connectivity index (χ1v) is 9.24. The maximum Gasteiger partial charge on any atom is 0.0810 e. The van der Waals surface area contributed by atoms with E-state index in [0.29, 0.717) is 0 Å². The van der Waals surface area contributed by atoms with E-state index in [0.717, 1.165) is 30.2 Å². The van der Waals surface area contributed by atoms with E-state index in [1.807, 2.05) is 4.68 Å². The van der Waals surface area contributed by atoms with Crippen LogP contribution >= 0.6 is 11.9 Å². The molecule has 3 heterocycles. The second-order valence-corrected chi connectivity index (χ2v) is 7.87. The van der Waals surface area contributed by atoms with Gasteiger partial charge in [-0.1, -0.05) is 0 Å². The number of fused-ring (bicyclic) bond motifs is 1. The summed E-state index contributed by atoms with van der Waals surface area (Å²) < 4.78 is 18.3. The van der Waals surface area contributed by atoms with Gasteiger partial charge in [-0.05, 0) is 31.9 Å². The van der Waals surface area contributed by atoms with Gasteiger partial charge in [-0.3, -0.25) is 8.89 Å². The number of hydrogen-bond donors (Lipinski definition) is 0. The summed E-state index contributed by atoms with van der Waals surface area (Å²) in [7, 11) is 1.12. The Labute approximate surface area is 131 Å². The highest BCUT2D eigenvalue weighted by Crippen LogP contribution is 2.32. The smallest absolute Gasteiger partial charge is 0.0810 e. The summed E-state index contributed by atoms with van der Waals surface area (Å²) in [6.07, 6.45) is 3.46. The van der Waals surface area contributed by atoms with Crippen LogP contribution in [0.25, 0.3) is 0 Å². The van der Waals surface area contributed by atoms with E-state index in [1.165, 1.54) is 16.3 Å². The van der Waals surface area contributed by atoms with Crippen LogP contribution < -0.4 is 0 Å². The van der Waals surface area contributed by atoms with Crippen molar-refractivity contribution >= 4 is 22.7 Å². The fraction of sp³-hybridized carbons (Fsp3) is 0.500. The van der Waals surface area contributed by atoms with Crippen LogP contribution in [0.5, 0.6) is 0 Å². The molecule has 1 aliphatic rings. The molecule has 1 aliphatic heterocycles. The van der Waals surface area contributed by atoms with Gasteiger partial charge >= 0.3 is 0 Å². The van der Waals surface area contributed by atoms with Crippen LogP contribution in [-0.4, -0.2) is 35.7 Å². The lowest BCUT2D eigenvalue weighted by Crippen LogP contribution is -2.29. The van der Waals surface area contributed by atoms with E-state index >= 15 is 0 Å². The van der Waals surface area contributed by atoms with Crippen LogP contribution in [0.1, 0.15) is 17.1 Å². The van der Waals surface area contributed by atoms with Crippen molar-refractivity contribution in [3.05, 3.63) is 29.3 Å². The van der Waals surface area contributed by atoms with Gasteiger partial charge in [0.2, 0.25) is 0 Å². The molecule has 0 aliphatic carbocycles. The van der Waals surface area contributed by atoms with E-state index in [1.54, 1.807) is 24.4 Å². The lowest BCUT2D eigenvalue weighted by atomic mass is 10.3. The molecule has 2 aromatic heterocycles. The second-order valence-electron chi connectivity index (χ2n) is 5.38. The third kappa shape index (κ3) is 2.69. The second kappa shape index (κ2) is 5.62. The molecule has 0 spiro atoms. The SMILES string of the molecule is Cc1cc(SN2CCn3ncc(S(C)=O)c3C2)c(C)n1C. The zero-order valence-electron chi connectivity index (χ0n) is 12.8. The maximum absolute atomic E-state index is 11.8. The molecule has 0 N–H and O–H groups in total. The van der Waals surface area contributed by atoms with E-state index in [2.05, 4.69) is 40.9 Å². The Hall–Kier alpha value is -1.05. The highest BCUT2D eigenvalue weighted by atomic mass is 32.2. The molecule has 5 nitrogen and oxygen atoms in total. The van der Waals surface area contributed by atoms with Gasteiger partial charge in [-0.25, -0.2) is 4.31 Å². The molecule has 3 rings (SSSR count). The van der Waals surface area contributed by atoms with Crippen molar-refractivity contribution in [1.29, 1.82) is 0 Å². The van der Waals surface area contributed by atoms with Crippen LogP contribution in [0.2, 0.25) is 0 Å². The predicted octanol–water partition coefficient (Wildman–Crippen LogP) is 2.10. The van der Waals surface area contributed by atoms with E-state index in [9.17, 15) is 4.21 Å². The molecular formula is C14H20N4OS2. The zero-order chi connectivity index (χ0) is 15.1. The van der Waals surface area contributed by atoms with Gasteiger partial charge in [-0.15, -0.1) is 0 Å². The normalized spacial score (nSPS) is 17.0. The van der Waals surface area contributed by atoms with Gasteiger partial charge < -0.3 is 4.57 Å². The maximum atomic E-state index is 11.8. The highest BCUT2D eigenvalue weighted by molar-refractivity contribution is 7.97. The number of rotatable bonds is 3. The Balaban J connectivity index is 1.81. The minimum absolute atomic E-state index is 0.785. The lowest BCUT2D eigenvalue weighted by molar-refractivity contribution is 0.352. The predicted molar refractivity (Wildman–Crippen MR) is 85.7 cm³/mol. The van der Waals surface area contributed by atoms with E-state index < -0.39 is 10.8 Å². The van der Waals surface area contributed by atoms with Crippen LogP contribution in [0, 0.1) is 13.8 Å². The van der Waals surface area contributed by atoms with Gasteiger partial charge in [0, 0.05) is 36.1 Å². The Morgan fingerprint density at radius 1 is 1.33 bits per heavy atom. The minimum atomic E-state index is -0.976. The van der Waals surface area contributed by atoms with Gasteiger partial charge in [0.1, 0.15) is 0 Å². The molecule has 0 bridgehead atoms. The molecule has 0 saturated heterocycles. The Morgan fingerprint density at radius 3 is 2.71 bits per heavy atom. The van der Waals surface area contributed by atoms with Crippen LogP contribution in [-0.2, 0) is 30.9 Å². The first kappa shape index (κ1) is 14.9. The molecule has 2 aromatic rings. The number of nitrogens with zero attached hydrogens (tertiary/aromatic N) is 4. The van der Waals surface area contributed by atoms with Crippen molar-refractivity contribution in [1.82, 2.24) is 18.7 Å². The van der Waals surface area contributed by atoms with Crippen molar-refractivity contribution in [3.8, 4) is 0 Å². The van der Waals surface area contributed by atoms with Gasteiger partial charge in [0.15, 0.2) is 0 Å². The molecule has 0 fully saturated rings. The average Bonchev–Trinajstić information content (AvgIpc) is 2.96. The quantitative estimate of drug-likeness (QED) is 0.811. The lowest BCUT2D eigenvalue weighted by Gasteiger charge is -2.26. The topological polar surface area (TPSA) is 43.1 Å². The van der Waals surface area contributed by atoms with Crippen molar-refractivity contribution < 1.29 is 4.21 Å². The van der Waals surface area contributed by atoms with Gasteiger partial charge in [0.05, 0.1) is 40.7 Å². The van der Waals surface area contributed by atoms with Crippen LogP contribution in [0.4, 0.5) is 0 Å². The fourth-order valence-electron chi connectivity index (χ4n) is 2.57. The van der Waals surface area contributed by atoms with Crippen molar-refractivity contribution in [2.75, 3.05) is 12.8 Å². The van der Waals surface area contributed by atoms with Crippen LogP contribution in [0.15, 0.2) is 22.1 Å². The molecule has 0 aromatic carbocycles. The molecular weight excluding hydrogens is 304 g/mol. The summed E-state index contributed by atoms with van der Waals surface area (Å²) in [5.74, 6) is 0. The van der Waals surface area contributed by atoms with E-state index in [-0.39, 0.29) is 0 Å². The summed E-state index contributed by atoms with van der Waals surface area (Å²) in [6.45, 7) is 6.86. The molecule has 7 heteroatoms. The minimum Gasteiger partial charge on any atom is -0.351 e. The average molecular weight is 324 g/mol. The third-order valence-corrected chi connectivity index (χ3v) is 6.20. The molecule has 1 unspecified atom stereocenters. The molecule has 0 amide bonds. The number of hydrogen-bond acceptors (Lipinski definition) is 4. The Kier molecular flexibility index (Phi) is 3.98. The zero-order valence-corrected chi connectivity index (χ0v) is 14.4. The van der Waals surface area contributed by atoms with E-state index in [4.69, 9.17) is 0 Å². The van der Waals surface area contributed by atoms with Crippen molar-refractivity contribution in [2.24, 2.45) is 7.05 Å². The summed E-state index contributed by atoms with van der Waals surface area (Å²) in [5.41, 5.74) is 3.64. The summed E-state index contributed by atoms with van der Waals surface area (Å²) in [4.78, 5) is 2.16. The largest absolute Gasteiger partial charge is 0.351 e. The fourth-order valence-corrected chi connectivity index (χ4v) is 4.40. The van der Waals surface area contributed by atoms with Crippen molar-refractivity contribution in [2.45, 2.75) is 36.7 Å². The summed E-state index contributed by atoms with van der Waals surface area (Å²) >= 11 is 1.79. The number of aromatic nitrogens is 3. The van der Waals surface area contributed by atoms with Crippen molar-refractivity contribution in [3.63, 3.8) is 0 Å². The molecule has 1 atom stereocenters. The molecule has 21 heavy (non-hydrogen) atoms. The Morgan fingerprint density at radius 2 is 2.10 bits per heavy atom. The summed E-state index contributed by atoms with van der Waals surface area (Å²) in [6, 6.07) is 2.23. The molecule has 0 radical (unpaired) electrons.